The number of fused-ring (bicyclic) bond motifs is 1. The molecule has 0 saturated carbocycles. The van der Waals surface area contributed by atoms with Crippen molar-refractivity contribution in [3.05, 3.63) is 45.3 Å². The fraction of sp³-hybridized carbons (Fsp3) is 0.429. The number of carbonyl (C=O) groups is 2. The van der Waals surface area contributed by atoms with Crippen LogP contribution in [-0.2, 0) is 17.8 Å². The lowest BCUT2D eigenvalue weighted by molar-refractivity contribution is -0.923. The van der Waals surface area contributed by atoms with Gasteiger partial charge in [-0.15, -0.1) is 11.3 Å². The van der Waals surface area contributed by atoms with E-state index in [4.69, 9.17) is 17.3 Å². The summed E-state index contributed by atoms with van der Waals surface area (Å²) in [5, 5.41) is 16.9. The lowest BCUT2D eigenvalue weighted by atomic mass is 10.00. The van der Waals surface area contributed by atoms with E-state index in [0.29, 0.717) is 27.7 Å². The van der Waals surface area contributed by atoms with E-state index in [1.165, 1.54) is 11.3 Å². The van der Waals surface area contributed by atoms with Gasteiger partial charge in [0.15, 0.2) is 0 Å². The van der Waals surface area contributed by atoms with Crippen LogP contribution in [0.4, 0.5) is 15.5 Å². The largest absolute Gasteiger partial charge is 0.374 e. The Kier molecular flexibility index (Phi) is 7.23. The van der Waals surface area contributed by atoms with E-state index in [2.05, 4.69) is 17.7 Å². The summed E-state index contributed by atoms with van der Waals surface area (Å²) in [7, 11) is 5.65. The summed E-state index contributed by atoms with van der Waals surface area (Å²) in [6.45, 7) is 2.29. The SMILES string of the molecule is CN(C)C(=O)CC[N+]1(C)CCc2c(sc(NC(=O)Nc3ccc(Cl)cc3)c2C(N)O)C1. The minimum atomic E-state index is -1.18. The third kappa shape index (κ3) is 5.75. The first-order chi connectivity index (χ1) is 14.6. The zero-order valence-electron chi connectivity index (χ0n) is 17.9. The number of aliphatic hydroxyl groups is 1. The van der Waals surface area contributed by atoms with Gasteiger partial charge >= 0.3 is 6.03 Å². The van der Waals surface area contributed by atoms with Crippen LogP contribution < -0.4 is 16.4 Å². The molecule has 0 aliphatic carbocycles. The number of halogens is 1. The van der Waals surface area contributed by atoms with Crippen molar-refractivity contribution in [3.8, 4) is 0 Å². The van der Waals surface area contributed by atoms with Crippen molar-refractivity contribution in [2.45, 2.75) is 25.6 Å². The highest BCUT2D eigenvalue weighted by atomic mass is 35.5. The molecule has 3 amide bonds. The molecule has 2 unspecified atom stereocenters. The first-order valence-corrected chi connectivity index (χ1v) is 11.2. The summed E-state index contributed by atoms with van der Waals surface area (Å²) in [4.78, 5) is 27.2. The van der Waals surface area contributed by atoms with E-state index in [9.17, 15) is 14.7 Å². The molecule has 1 aliphatic heterocycles. The van der Waals surface area contributed by atoms with Gasteiger partial charge in [0.2, 0.25) is 5.91 Å². The van der Waals surface area contributed by atoms with Gasteiger partial charge in [-0.1, -0.05) is 11.6 Å². The number of anilines is 2. The summed E-state index contributed by atoms with van der Waals surface area (Å²) in [6.07, 6.45) is 0.0197. The number of carbonyl (C=O) groups excluding carboxylic acids is 2. The summed E-state index contributed by atoms with van der Waals surface area (Å²) in [5.41, 5.74) is 8.02. The monoisotopic (exact) mass is 466 g/mol. The Morgan fingerprint density at radius 3 is 2.58 bits per heavy atom. The molecule has 1 aromatic heterocycles. The Hall–Kier alpha value is -2.17. The molecule has 0 spiro atoms. The van der Waals surface area contributed by atoms with E-state index in [1.807, 2.05) is 0 Å². The van der Waals surface area contributed by atoms with E-state index < -0.39 is 12.3 Å². The van der Waals surface area contributed by atoms with Gasteiger partial charge in [-0.3, -0.25) is 10.1 Å². The van der Waals surface area contributed by atoms with E-state index in [1.54, 1.807) is 43.3 Å². The molecule has 2 aromatic rings. The Morgan fingerprint density at radius 1 is 1.29 bits per heavy atom. The van der Waals surface area contributed by atoms with Gasteiger partial charge in [0.25, 0.3) is 0 Å². The molecule has 0 fully saturated rings. The number of hydrogen-bond donors (Lipinski definition) is 4. The minimum Gasteiger partial charge on any atom is -0.374 e. The Balaban J connectivity index is 1.75. The second-order valence-corrected chi connectivity index (χ2v) is 9.83. The standard InChI is InChI=1S/C21H28ClN5O3S/c1-26(2)17(28)9-11-27(3)10-8-15-16(12-27)31-20(18(15)19(23)29)25-21(30)24-14-6-4-13(22)5-7-14/h4-7,19,29H,8-12,23H2,1-3H3,(H-,24,25,30)/p+1. The maximum atomic E-state index is 12.5. The molecule has 0 radical (unpaired) electrons. The topological polar surface area (TPSA) is 108 Å². The quantitative estimate of drug-likeness (QED) is 0.387. The summed E-state index contributed by atoms with van der Waals surface area (Å²) in [6, 6.07) is 6.37. The number of nitrogens with one attached hydrogen (secondary N) is 2. The molecule has 2 atom stereocenters. The van der Waals surface area contributed by atoms with Gasteiger partial charge in [0, 0.05) is 36.8 Å². The number of urea groups is 1. The fourth-order valence-corrected chi connectivity index (χ4v) is 5.30. The van der Waals surface area contributed by atoms with Gasteiger partial charge in [0.1, 0.15) is 17.8 Å². The first kappa shape index (κ1) is 23.5. The second kappa shape index (κ2) is 9.54. The van der Waals surface area contributed by atoms with Crippen LogP contribution in [0, 0.1) is 0 Å². The molecule has 3 rings (SSSR count). The van der Waals surface area contributed by atoms with Gasteiger partial charge in [-0.05, 0) is 29.8 Å². The number of nitrogens with two attached hydrogens (primary N) is 1. The zero-order valence-corrected chi connectivity index (χ0v) is 19.5. The predicted molar refractivity (Wildman–Crippen MR) is 124 cm³/mol. The number of amides is 3. The summed E-state index contributed by atoms with van der Waals surface area (Å²) < 4.78 is 0.726. The molecule has 168 valence electrons. The molecule has 8 nitrogen and oxygen atoms in total. The number of likely N-dealkylation sites (N-methyl/N-ethyl adjacent to an activating group) is 1. The molecule has 0 bridgehead atoms. The van der Waals surface area contributed by atoms with E-state index in [-0.39, 0.29) is 5.91 Å². The molecule has 5 N–H and O–H groups in total. The molecule has 10 heteroatoms. The van der Waals surface area contributed by atoms with Gasteiger partial charge < -0.3 is 25.5 Å². The van der Waals surface area contributed by atoms with Crippen molar-refractivity contribution in [1.29, 1.82) is 0 Å². The molecule has 1 aromatic carbocycles. The number of hydrogen-bond acceptors (Lipinski definition) is 5. The maximum Gasteiger partial charge on any atom is 0.324 e. The van der Waals surface area contributed by atoms with Crippen molar-refractivity contribution in [3.63, 3.8) is 0 Å². The van der Waals surface area contributed by atoms with Crippen molar-refractivity contribution < 1.29 is 19.2 Å². The van der Waals surface area contributed by atoms with Crippen LogP contribution in [0.1, 0.15) is 28.7 Å². The van der Waals surface area contributed by atoms with Crippen LogP contribution in [0.15, 0.2) is 24.3 Å². The van der Waals surface area contributed by atoms with Crippen molar-refractivity contribution in [2.75, 3.05) is 44.9 Å². The van der Waals surface area contributed by atoms with Gasteiger partial charge in [-0.25, -0.2) is 4.79 Å². The van der Waals surface area contributed by atoms with Crippen LogP contribution in [0.5, 0.6) is 0 Å². The number of thiophene rings is 1. The summed E-state index contributed by atoms with van der Waals surface area (Å²) >= 11 is 7.31. The maximum absolute atomic E-state index is 12.5. The lowest BCUT2D eigenvalue weighted by Crippen LogP contribution is -2.49. The third-order valence-electron chi connectivity index (χ3n) is 5.55. The predicted octanol–water partition coefficient (Wildman–Crippen LogP) is 2.98. The van der Waals surface area contributed by atoms with Crippen molar-refractivity contribution in [2.24, 2.45) is 5.73 Å². The third-order valence-corrected chi connectivity index (χ3v) is 6.95. The smallest absolute Gasteiger partial charge is 0.324 e. The highest BCUT2D eigenvalue weighted by Gasteiger charge is 2.34. The minimum absolute atomic E-state index is 0.107. The number of nitrogens with zero attached hydrogens (tertiary/aromatic N) is 2. The Morgan fingerprint density at radius 2 is 1.97 bits per heavy atom. The van der Waals surface area contributed by atoms with Crippen LogP contribution >= 0.6 is 22.9 Å². The highest BCUT2D eigenvalue weighted by Crippen LogP contribution is 2.41. The van der Waals surface area contributed by atoms with Crippen LogP contribution in [-0.4, -0.2) is 60.7 Å². The molecule has 2 heterocycles. The fourth-order valence-electron chi connectivity index (χ4n) is 3.72. The first-order valence-electron chi connectivity index (χ1n) is 10.0. The normalized spacial score (nSPS) is 18.8. The Bertz CT molecular complexity index is 961. The van der Waals surface area contributed by atoms with E-state index >= 15 is 0 Å². The molecular formula is C21H29ClN5O3S+. The number of rotatable bonds is 6. The van der Waals surface area contributed by atoms with Gasteiger partial charge in [0.05, 0.1) is 31.4 Å². The number of benzene rings is 1. The number of aliphatic hydroxyl groups excluding tert-OH is 1. The molecular weight excluding hydrogens is 438 g/mol. The molecule has 31 heavy (non-hydrogen) atoms. The van der Waals surface area contributed by atoms with Gasteiger partial charge in [-0.2, -0.15) is 0 Å². The van der Waals surface area contributed by atoms with Crippen LogP contribution in [0.3, 0.4) is 0 Å². The van der Waals surface area contributed by atoms with Crippen LogP contribution in [0.2, 0.25) is 5.02 Å². The average molecular weight is 467 g/mol. The summed E-state index contributed by atoms with van der Waals surface area (Å²) in [5.74, 6) is 0.107. The highest BCUT2D eigenvalue weighted by molar-refractivity contribution is 7.16. The number of quaternary nitrogens is 1. The van der Waals surface area contributed by atoms with Crippen molar-refractivity contribution in [1.82, 2.24) is 4.90 Å². The zero-order chi connectivity index (χ0) is 22.8. The Labute approximate surface area is 191 Å². The van der Waals surface area contributed by atoms with E-state index in [0.717, 1.165) is 41.0 Å². The average Bonchev–Trinajstić information content (AvgIpc) is 3.04. The molecule has 1 aliphatic rings. The van der Waals surface area contributed by atoms with Crippen molar-refractivity contribution >= 4 is 45.6 Å². The molecule has 0 saturated heterocycles. The second-order valence-electron chi connectivity index (χ2n) is 8.29. The van der Waals surface area contributed by atoms with Crippen LogP contribution in [0.25, 0.3) is 0 Å². The lowest BCUT2D eigenvalue weighted by Gasteiger charge is -2.38.